The van der Waals surface area contributed by atoms with Crippen LogP contribution in [-0.4, -0.2) is 20.4 Å². The summed E-state index contributed by atoms with van der Waals surface area (Å²) in [5.74, 6) is -0.0262. The first-order valence-electron chi connectivity index (χ1n) is 9.09. The van der Waals surface area contributed by atoms with Crippen molar-refractivity contribution in [2.24, 2.45) is 4.99 Å². The molecule has 0 fully saturated rings. The fourth-order valence-electron chi connectivity index (χ4n) is 2.97. The molecule has 144 valence electrons. The molecule has 2 N–H and O–H groups in total. The Morgan fingerprint density at radius 1 is 1.04 bits per heavy atom. The number of hydrogen-bond donors (Lipinski definition) is 2. The SMILES string of the molecule is CC(=Nc1ccc(C(C)C)cc1)c1c(O)n(-c2ccc(C)cc2)c(=O)[nH]c1=O. The van der Waals surface area contributed by atoms with Gasteiger partial charge in [-0.25, -0.2) is 9.36 Å². The number of rotatable bonds is 4. The summed E-state index contributed by atoms with van der Waals surface area (Å²) in [6.45, 7) is 7.77. The zero-order valence-corrected chi connectivity index (χ0v) is 16.4. The Labute approximate surface area is 162 Å². The van der Waals surface area contributed by atoms with Crippen molar-refractivity contribution in [3.63, 3.8) is 0 Å². The molecule has 0 atom stereocenters. The number of aromatic nitrogens is 2. The molecular weight excluding hydrogens is 354 g/mol. The van der Waals surface area contributed by atoms with E-state index in [1.165, 1.54) is 5.56 Å². The second-order valence-corrected chi connectivity index (χ2v) is 7.07. The van der Waals surface area contributed by atoms with Gasteiger partial charge in [0.15, 0.2) is 0 Å². The number of aliphatic imine (C=N–C) groups is 1. The molecule has 0 aliphatic carbocycles. The molecule has 3 rings (SSSR count). The molecule has 0 saturated carbocycles. The number of hydrogen-bond acceptors (Lipinski definition) is 4. The van der Waals surface area contributed by atoms with Crippen molar-refractivity contribution in [2.75, 3.05) is 0 Å². The lowest BCUT2D eigenvalue weighted by Crippen LogP contribution is -2.32. The van der Waals surface area contributed by atoms with Gasteiger partial charge < -0.3 is 5.11 Å². The Bertz CT molecular complexity index is 1140. The van der Waals surface area contributed by atoms with E-state index < -0.39 is 17.1 Å². The number of H-pyrrole nitrogens is 1. The smallest absolute Gasteiger partial charge is 0.335 e. The number of aromatic hydroxyl groups is 1. The molecule has 1 heterocycles. The summed E-state index contributed by atoms with van der Waals surface area (Å²) < 4.78 is 1.07. The molecule has 1 aromatic heterocycles. The lowest BCUT2D eigenvalue weighted by molar-refractivity contribution is 0.430. The van der Waals surface area contributed by atoms with Crippen LogP contribution in [0.15, 0.2) is 63.1 Å². The van der Waals surface area contributed by atoms with E-state index in [1.807, 2.05) is 43.3 Å². The maximum Gasteiger partial charge on any atom is 0.335 e. The first-order chi connectivity index (χ1) is 13.3. The van der Waals surface area contributed by atoms with E-state index in [9.17, 15) is 14.7 Å². The normalized spacial score (nSPS) is 11.8. The topological polar surface area (TPSA) is 87.4 Å². The fraction of sp³-hybridized carbons (Fsp3) is 0.227. The molecule has 3 aromatic rings. The quantitative estimate of drug-likeness (QED) is 0.678. The summed E-state index contributed by atoms with van der Waals surface area (Å²) in [5.41, 5.74) is 2.22. The first kappa shape index (κ1) is 19.4. The van der Waals surface area contributed by atoms with E-state index >= 15 is 0 Å². The summed E-state index contributed by atoms with van der Waals surface area (Å²) in [4.78, 5) is 31.4. The summed E-state index contributed by atoms with van der Waals surface area (Å²) >= 11 is 0. The number of nitrogens with zero attached hydrogens (tertiary/aromatic N) is 2. The van der Waals surface area contributed by atoms with E-state index in [1.54, 1.807) is 19.1 Å². The minimum atomic E-state index is -0.704. The average molecular weight is 377 g/mol. The van der Waals surface area contributed by atoms with Crippen LogP contribution in [0.1, 0.15) is 43.4 Å². The van der Waals surface area contributed by atoms with Crippen LogP contribution in [0.5, 0.6) is 5.88 Å². The summed E-state index contributed by atoms with van der Waals surface area (Å²) in [6.07, 6.45) is 0. The van der Waals surface area contributed by atoms with Crippen molar-refractivity contribution >= 4 is 11.4 Å². The maximum atomic E-state index is 12.4. The third kappa shape index (κ3) is 3.81. The highest BCUT2D eigenvalue weighted by atomic mass is 16.3. The zero-order chi connectivity index (χ0) is 20.4. The van der Waals surface area contributed by atoms with E-state index in [0.29, 0.717) is 23.0 Å². The standard InChI is InChI=1S/C22H23N3O3/c1-13(2)16-7-9-17(10-8-16)23-15(4)19-20(26)24-22(28)25(21(19)27)18-11-5-14(3)6-12-18/h5-13,27H,1-4H3,(H,24,26,28). The van der Waals surface area contributed by atoms with E-state index in [-0.39, 0.29) is 5.56 Å². The molecule has 2 aromatic carbocycles. The average Bonchev–Trinajstić information content (AvgIpc) is 2.63. The Morgan fingerprint density at radius 2 is 1.64 bits per heavy atom. The molecule has 0 aliphatic heterocycles. The maximum absolute atomic E-state index is 12.4. The Morgan fingerprint density at radius 3 is 2.21 bits per heavy atom. The minimum absolute atomic E-state index is 0.0342. The van der Waals surface area contributed by atoms with Crippen molar-refractivity contribution in [1.29, 1.82) is 0 Å². The predicted molar refractivity (Wildman–Crippen MR) is 111 cm³/mol. The molecule has 0 bridgehead atoms. The molecule has 6 nitrogen and oxygen atoms in total. The lowest BCUT2D eigenvalue weighted by atomic mass is 10.0. The molecular formula is C22H23N3O3. The van der Waals surface area contributed by atoms with Gasteiger partial charge in [0.1, 0.15) is 5.56 Å². The predicted octanol–water partition coefficient (Wildman–Crippen LogP) is 3.80. The van der Waals surface area contributed by atoms with Crippen LogP contribution in [0, 0.1) is 6.92 Å². The van der Waals surface area contributed by atoms with Gasteiger partial charge in [-0.15, -0.1) is 0 Å². The fourth-order valence-corrected chi connectivity index (χ4v) is 2.97. The van der Waals surface area contributed by atoms with E-state index in [2.05, 4.69) is 23.8 Å². The van der Waals surface area contributed by atoms with Crippen LogP contribution in [0.25, 0.3) is 5.69 Å². The van der Waals surface area contributed by atoms with Crippen LogP contribution in [0.3, 0.4) is 0 Å². The van der Waals surface area contributed by atoms with Crippen LogP contribution in [-0.2, 0) is 0 Å². The molecule has 6 heteroatoms. The van der Waals surface area contributed by atoms with Gasteiger partial charge in [0, 0.05) is 0 Å². The van der Waals surface area contributed by atoms with Crippen LogP contribution < -0.4 is 11.2 Å². The summed E-state index contributed by atoms with van der Waals surface area (Å²) in [5, 5.41) is 10.7. The Hall–Kier alpha value is -3.41. The minimum Gasteiger partial charge on any atom is -0.493 e. The zero-order valence-electron chi connectivity index (χ0n) is 16.4. The van der Waals surface area contributed by atoms with Crippen LogP contribution in [0.2, 0.25) is 0 Å². The van der Waals surface area contributed by atoms with Crippen molar-refractivity contribution in [1.82, 2.24) is 9.55 Å². The van der Waals surface area contributed by atoms with Crippen LogP contribution >= 0.6 is 0 Å². The summed E-state index contributed by atoms with van der Waals surface area (Å²) in [7, 11) is 0. The third-order valence-electron chi connectivity index (χ3n) is 4.60. The van der Waals surface area contributed by atoms with Crippen molar-refractivity contribution in [2.45, 2.75) is 33.6 Å². The van der Waals surface area contributed by atoms with E-state index in [4.69, 9.17) is 0 Å². The third-order valence-corrected chi connectivity index (χ3v) is 4.60. The van der Waals surface area contributed by atoms with Crippen molar-refractivity contribution in [3.05, 3.63) is 86.1 Å². The lowest BCUT2D eigenvalue weighted by Gasteiger charge is -2.12. The van der Waals surface area contributed by atoms with Gasteiger partial charge in [-0.1, -0.05) is 43.7 Å². The highest BCUT2D eigenvalue weighted by molar-refractivity contribution is 6.01. The molecule has 0 spiro atoms. The molecule has 0 amide bonds. The molecule has 0 saturated heterocycles. The second kappa shape index (κ2) is 7.68. The van der Waals surface area contributed by atoms with Gasteiger partial charge in [-0.2, -0.15) is 0 Å². The van der Waals surface area contributed by atoms with Gasteiger partial charge in [-0.05, 0) is 49.6 Å². The summed E-state index contributed by atoms with van der Waals surface area (Å²) in [6, 6.07) is 14.7. The van der Waals surface area contributed by atoms with Gasteiger partial charge in [0.2, 0.25) is 5.88 Å². The molecule has 0 aliphatic rings. The van der Waals surface area contributed by atoms with Crippen LogP contribution in [0.4, 0.5) is 5.69 Å². The highest BCUT2D eigenvalue weighted by Crippen LogP contribution is 2.22. The number of benzene rings is 2. The van der Waals surface area contributed by atoms with Crippen molar-refractivity contribution in [3.8, 4) is 11.6 Å². The highest BCUT2D eigenvalue weighted by Gasteiger charge is 2.18. The second-order valence-electron chi connectivity index (χ2n) is 7.07. The van der Waals surface area contributed by atoms with E-state index in [0.717, 1.165) is 10.1 Å². The van der Waals surface area contributed by atoms with Gasteiger partial charge in [-0.3, -0.25) is 14.8 Å². The van der Waals surface area contributed by atoms with Gasteiger partial charge in [0.05, 0.1) is 17.1 Å². The van der Waals surface area contributed by atoms with Gasteiger partial charge >= 0.3 is 5.69 Å². The number of aryl methyl sites for hydroxylation is 1. The Kier molecular flexibility index (Phi) is 5.31. The number of aromatic amines is 1. The van der Waals surface area contributed by atoms with Crippen molar-refractivity contribution < 1.29 is 5.11 Å². The number of nitrogens with one attached hydrogen (secondary N) is 1. The molecule has 28 heavy (non-hydrogen) atoms. The first-order valence-corrected chi connectivity index (χ1v) is 9.09. The van der Waals surface area contributed by atoms with Gasteiger partial charge in [0.25, 0.3) is 5.56 Å². The largest absolute Gasteiger partial charge is 0.493 e. The molecule has 0 unspecified atom stereocenters. The Balaban J connectivity index is 2.10. The molecule has 0 radical (unpaired) electrons. The monoisotopic (exact) mass is 377 g/mol.